The lowest BCUT2D eigenvalue weighted by Gasteiger charge is -2.16. The van der Waals surface area contributed by atoms with Gasteiger partial charge >= 0.3 is 0 Å². The first-order valence-corrected chi connectivity index (χ1v) is 8.96. The van der Waals surface area contributed by atoms with E-state index in [4.69, 9.17) is 0 Å². The molecule has 1 amide bonds. The molecule has 1 fully saturated rings. The molecule has 0 unspecified atom stereocenters. The van der Waals surface area contributed by atoms with E-state index in [1.165, 1.54) is 0 Å². The van der Waals surface area contributed by atoms with Gasteiger partial charge in [-0.2, -0.15) is 0 Å². The molecule has 134 valence electrons. The summed E-state index contributed by atoms with van der Waals surface area (Å²) in [7, 11) is 1.81. The van der Waals surface area contributed by atoms with E-state index < -0.39 is 0 Å². The Balaban J connectivity index is 2.01. The fraction of sp³-hybridized carbons (Fsp3) is 0.474. The maximum Gasteiger partial charge on any atom is 0.255 e. The third kappa shape index (κ3) is 3.85. The molecule has 4 N–H and O–H groups in total. The summed E-state index contributed by atoms with van der Waals surface area (Å²) in [5.74, 6) is -0.0898. The molecule has 1 heterocycles. The SMILES string of the molecule is CCCCNc1cc2c(NC)c(C(=O)NC3CC3)cnc2cc1CO. The summed E-state index contributed by atoms with van der Waals surface area (Å²) in [4.78, 5) is 16.9. The lowest BCUT2D eigenvalue weighted by molar-refractivity contribution is 0.0951. The number of aliphatic hydroxyl groups excluding tert-OH is 1. The average Bonchev–Trinajstić information content (AvgIpc) is 3.44. The second kappa shape index (κ2) is 7.70. The number of aromatic nitrogens is 1. The lowest BCUT2D eigenvalue weighted by atomic mass is 10.0. The number of benzene rings is 1. The Morgan fingerprint density at radius 3 is 2.80 bits per heavy atom. The van der Waals surface area contributed by atoms with E-state index in [2.05, 4.69) is 27.9 Å². The van der Waals surface area contributed by atoms with Crippen molar-refractivity contribution in [2.45, 2.75) is 45.3 Å². The minimum Gasteiger partial charge on any atom is -0.392 e. The van der Waals surface area contributed by atoms with Crippen molar-refractivity contribution in [2.75, 3.05) is 24.2 Å². The third-order valence-corrected chi connectivity index (χ3v) is 4.52. The van der Waals surface area contributed by atoms with Crippen LogP contribution >= 0.6 is 0 Å². The van der Waals surface area contributed by atoms with Crippen LogP contribution < -0.4 is 16.0 Å². The molecule has 1 aliphatic carbocycles. The summed E-state index contributed by atoms with van der Waals surface area (Å²) < 4.78 is 0. The first kappa shape index (κ1) is 17.5. The molecular formula is C19H26N4O2. The normalized spacial score (nSPS) is 13.7. The highest BCUT2D eigenvalue weighted by Gasteiger charge is 2.25. The molecule has 1 aliphatic rings. The third-order valence-electron chi connectivity index (χ3n) is 4.52. The van der Waals surface area contributed by atoms with Crippen molar-refractivity contribution in [2.24, 2.45) is 0 Å². The summed E-state index contributed by atoms with van der Waals surface area (Å²) in [6.07, 6.45) is 5.87. The molecule has 1 saturated carbocycles. The zero-order chi connectivity index (χ0) is 17.8. The second-order valence-electron chi connectivity index (χ2n) is 6.51. The Morgan fingerprint density at radius 1 is 1.36 bits per heavy atom. The maximum absolute atomic E-state index is 12.5. The van der Waals surface area contributed by atoms with Gasteiger partial charge in [0, 0.05) is 42.5 Å². The van der Waals surface area contributed by atoms with Crippen LogP contribution in [0.15, 0.2) is 18.3 Å². The van der Waals surface area contributed by atoms with Crippen molar-refractivity contribution in [1.29, 1.82) is 0 Å². The van der Waals surface area contributed by atoms with Crippen molar-refractivity contribution in [1.82, 2.24) is 10.3 Å². The topological polar surface area (TPSA) is 86.3 Å². The number of rotatable bonds is 8. The summed E-state index contributed by atoms with van der Waals surface area (Å²) >= 11 is 0. The molecule has 6 nitrogen and oxygen atoms in total. The van der Waals surface area contributed by atoms with Gasteiger partial charge in [0.25, 0.3) is 5.91 Å². The van der Waals surface area contributed by atoms with Crippen LogP contribution in [0.1, 0.15) is 48.5 Å². The molecule has 2 aromatic rings. The Kier molecular flexibility index (Phi) is 5.38. The summed E-state index contributed by atoms with van der Waals surface area (Å²) in [6.45, 7) is 2.94. The molecule has 6 heteroatoms. The minimum atomic E-state index is -0.0898. The summed E-state index contributed by atoms with van der Waals surface area (Å²) in [5, 5.41) is 20.1. The number of nitrogens with zero attached hydrogens (tertiary/aromatic N) is 1. The van der Waals surface area contributed by atoms with Crippen molar-refractivity contribution >= 4 is 28.2 Å². The smallest absolute Gasteiger partial charge is 0.255 e. The molecule has 0 bridgehead atoms. The highest BCUT2D eigenvalue weighted by atomic mass is 16.3. The number of anilines is 2. The molecule has 0 spiro atoms. The van der Waals surface area contributed by atoms with Crippen LogP contribution in [0, 0.1) is 0 Å². The second-order valence-corrected chi connectivity index (χ2v) is 6.51. The van der Waals surface area contributed by atoms with E-state index in [1.54, 1.807) is 6.20 Å². The van der Waals surface area contributed by atoms with Gasteiger partial charge in [0.2, 0.25) is 0 Å². The van der Waals surface area contributed by atoms with E-state index in [0.717, 1.165) is 60.1 Å². The highest BCUT2D eigenvalue weighted by molar-refractivity contribution is 6.08. The lowest BCUT2D eigenvalue weighted by Crippen LogP contribution is -2.26. The monoisotopic (exact) mass is 342 g/mol. The quantitative estimate of drug-likeness (QED) is 0.554. The predicted octanol–water partition coefficient (Wildman–Crippen LogP) is 2.87. The minimum absolute atomic E-state index is 0.0507. The standard InChI is InChI=1S/C19H26N4O2/c1-3-4-7-21-16-9-14-17(8-12(16)11-24)22-10-15(18(14)20-2)19(25)23-13-5-6-13/h8-10,13,21,24H,3-7,11H2,1-2H3,(H,20,22)(H,23,25). The van der Waals surface area contributed by atoms with Gasteiger partial charge in [0.1, 0.15) is 0 Å². The Morgan fingerprint density at radius 2 is 2.16 bits per heavy atom. The number of hydrogen-bond donors (Lipinski definition) is 4. The van der Waals surface area contributed by atoms with Gasteiger partial charge in [0.15, 0.2) is 0 Å². The first-order valence-electron chi connectivity index (χ1n) is 8.96. The van der Waals surface area contributed by atoms with Gasteiger partial charge in [0.05, 0.1) is 23.4 Å². The molecule has 1 aromatic carbocycles. The number of hydrogen-bond acceptors (Lipinski definition) is 5. The number of carbonyl (C=O) groups excluding carboxylic acids is 1. The van der Waals surface area contributed by atoms with Crippen LogP contribution in [0.5, 0.6) is 0 Å². The molecule has 0 atom stereocenters. The van der Waals surface area contributed by atoms with Crippen molar-refractivity contribution in [3.8, 4) is 0 Å². The highest BCUT2D eigenvalue weighted by Crippen LogP contribution is 2.31. The average molecular weight is 342 g/mol. The van der Waals surface area contributed by atoms with Gasteiger partial charge in [-0.15, -0.1) is 0 Å². The number of fused-ring (bicyclic) bond motifs is 1. The van der Waals surface area contributed by atoms with Gasteiger partial charge < -0.3 is 21.1 Å². The summed E-state index contributed by atoms with van der Waals surface area (Å²) in [5.41, 5.74) is 3.79. The number of carbonyl (C=O) groups is 1. The van der Waals surface area contributed by atoms with Crippen molar-refractivity contribution in [3.05, 3.63) is 29.5 Å². The van der Waals surface area contributed by atoms with Crippen LogP contribution in [0.3, 0.4) is 0 Å². The van der Waals surface area contributed by atoms with Gasteiger partial charge in [-0.3, -0.25) is 9.78 Å². The number of pyridine rings is 1. The fourth-order valence-electron chi connectivity index (χ4n) is 2.91. The molecule has 25 heavy (non-hydrogen) atoms. The van der Waals surface area contributed by atoms with E-state index >= 15 is 0 Å². The first-order chi connectivity index (χ1) is 12.2. The zero-order valence-electron chi connectivity index (χ0n) is 14.9. The predicted molar refractivity (Wildman–Crippen MR) is 101 cm³/mol. The molecule has 0 saturated heterocycles. The van der Waals surface area contributed by atoms with Gasteiger partial charge in [-0.1, -0.05) is 13.3 Å². The Labute approximate surface area is 148 Å². The van der Waals surface area contributed by atoms with E-state index in [9.17, 15) is 9.90 Å². The number of nitrogens with one attached hydrogen (secondary N) is 3. The maximum atomic E-state index is 12.5. The molecular weight excluding hydrogens is 316 g/mol. The van der Waals surface area contributed by atoms with E-state index in [1.807, 2.05) is 19.2 Å². The molecule has 0 radical (unpaired) electrons. The largest absolute Gasteiger partial charge is 0.392 e. The molecule has 3 rings (SSSR count). The van der Waals surface area contributed by atoms with Gasteiger partial charge in [-0.25, -0.2) is 0 Å². The van der Waals surface area contributed by atoms with Crippen LogP contribution in [-0.4, -0.2) is 35.6 Å². The number of aliphatic hydroxyl groups is 1. The van der Waals surface area contributed by atoms with Crippen LogP contribution in [0.2, 0.25) is 0 Å². The zero-order valence-corrected chi connectivity index (χ0v) is 14.9. The van der Waals surface area contributed by atoms with Crippen LogP contribution in [-0.2, 0) is 6.61 Å². The van der Waals surface area contributed by atoms with Gasteiger partial charge in [-0.05, 0) is 31.4 Å². The van der Waals surface area contributed by atoms with Crippen molar-refractivity contribution < 1.29 is 9.90 Å². The Hall–Kier alpha value is -2.34. The Bertz CT molecular complexity index is 772. The van der Waals surface area contributed by atoms with Crippen LogP contribution in [0.4, 0.5) is 11.4 Å². The molecule has 0 aliphatic heterocycles. The number of unbranched alkanes of at least 4 members (excludes halogenated alkanes) is 1. The van der Waals surface area contributed by atoms with E-state index in [-0.39, 0.29) is 12.5 Å². The summed E-state index contributed by atoms with van der Waals surface area (Å²) in [6, 6.07) is 4.16. The van der Waals surface area contributed by atoms with E-state index in [0.29, 0.717) is 11.6 Å². The fourth-order valence-corrected chi connectivity index (χ4v) is 2.91. The van der Waals surface area contributed by atoms with Crippen LogP contribution in [0.25, 0.3) is 10.9 Å². The van der Waals surface area contributed by atoms with Crippen molar-refractivity contribution in [3.63, 3.8) is 0 Å². The molecule has 1 aromatic heterocycles. The number of amides is 1.